The summed E-state index contributed by atoms with van der Waals surface area (Å²) < 4.78 is 19.2. The SMILES string of the molecule is CCCOc1cc(N2CCC(CO)CC2)c(N)cc1F. The third kappa shape index (κ3) is 3.33. The highest BCUT2D eigenvalue weighted by Gasteiger charge is 2.21. The number of nitrogen functional groups attached to an aromatic ring is 1. The molecule has 0 unspecified atom stereocenters. The number of nitrogens with two attached hydrogens (primary N) is 1. The zero-order chi connectivity index (χ0) is 14.5. The molecule has 20 heavy (non-hydrogen) atoms. The minimum Gasteiger partial charge on any atom is -0.490 e. The van der Waals surface area contributed by atoms with Crippen LogP contribution in [0.4, 0.5) is 15.8 Å². The van der Waals surface area contributed by atoms with Crippen LogP contribution in [0.25, 0.3) is 0 Å². The average molecular weight is 282 g/mol. The molecule has 0 bridgehead atoms. The van der Waals surface area contributed by atoms with Crippen molar-refractivity contribution in [3.8, 4) is 5.75 Å². The van der Waals surface area contributed by atoms with Crippen molar-refractivity contribution in [1.29, 1.82) is 0 Å². The van der Waals surface area contributed by atoms with Gasteiger partial charge in [0.2, 0.25) is 0 Å². The molecule has 1 fully saturated rings. The van der Waals surface area contributed by atoms with Crippen molar-refractivity contribution >= 4 is 11.4 Å². The second-order valence-electron chi connectivity index (χ2n) is 5.30. The number of halogens is 1. The Balaban J connectivity index is 2.14. The number of nitrogens with zero attached hydrogens (tertiary/aromatic N) is 1. The zero-order valence-corrected chi connectivity index (χ0v) is 11.9. The van der Waals surface area contributed by atoms with Crippen LogP contribution in [0, 0.1) is 11.7 Å². The maximum absolute atomic E-state index is 13.8. The first-order valence-electron chi connectivity index (χ1n) is 7.23. The first-order valence-corrected chi connectivity index (χ1v) is 7.23. The molecule has 3 N–H and O–H groups in total. The molecule has 2 rings (SSSR count). The van der Waals surface area contributed by atoms with E-state index in [1.165, 1.54) is 6.07 Å². The van der Waals surface area contributed by atoms with Crippen molar-refractivity contribution in [2.45, 2.75) is 26.2 Å². The van der Waals surface area contributed by atoms with E-state index in [-0.39, 0.29) is 12.4 Å². The molecule has 0 aliphatic carbocycles. The standard InChI is InChI=1S/C15H23FN2O2/c1-2-7-20-15-9-14(13(17)8-12(15)16)18-5-3-11(10-19)4-6-18/h8-9,11,19H,2-7,10,17H2,1H3. The maximum atomic E-state index is 13.8. The number of hydrogen-bond acceptors (Lipinski definition) is 4. The van der Waals surface area contributed by atoms with Crippen LogP contribution in [-0.2, 0) is 0 Å². The number of aliphatic hydroxyl groups is 1. The number of piperidine rings is 1. The van der Waals surface area contributed by atoms with Crippen LogP contribution in [-0.4, -0.2) is 31.4 Å². The molecule has 1 aromatic rings. The van der Waals surface area contributed by atoms with E-state index in [4.69, 9.17) is 15.6 Å². The Morgan fingerprint density at radius 1 is 1.40 bits per heavy atom. The Bertz CT molecular complexity index is 446. The quantitative estimate of drug-likeness (QED) is 0.814. The predicted octanol–water partition coefficient (Wildman–Crippen LogP) is 2.41. The number of ether oxygens (including phenoxy) is 1. The molecule has 1 aliphatic heterocycles. The first kappa shape index (κ1) is 14.9. The van der Waals surface area contributed by atoms with Gasteiger partial charge < -0.3 is 20.5 Å². The molecule has 1 aromatic carbocycles. The van der Waals surface area contributed by atoms with Crippen LogP contribution < -0.4 is 15.4 Å². The molecule has 5 heteroatoms. The van der Waals surface area contributed by atoms with Crippen molar-refractivity contribution < 1.29 is 14.2 Å². The van der Waals surface area contributed by atoms with E-state index in [2.05, 4.69) is 4.90 Å². The van der Waals surface area contributed by atoms with E-state index in [1.807, 2.05) is 6.92 Å². The van der Waals surface area contributed by atoms with Crippen LogP contribution in [0.2, 0.25) is 0 Å². The van der Waals surface area contributed by atoms with Crippen molar-refractivity contribution in [1.82, 2.24) is 0 Å². The predicted molar refractivity (Wildman–Crippen MR) is 78.6 cm³/mol. The summed E-state index contributed by atoms with van der Waals surface area (Å²) in [5.74, 6) is 0.217. The van der Waals surface area contributed by atoms with Crippen LogP contribution >= 0.6 is 0 Å². The summed E-state index contributed by atoms with van der Waals surface area (Å²) in [6.07, 6.45) is 2.69. The lowest BCUT2D eigenvalue weighted by Crippen LogP contribution is -2.35. The molecular formula is C15H23FN2O2. The summed E-state index contributed by atoms with van der Waals surface area (Å²) in [4.78, 5) is 2.14. The smallest absolute Gasteiger partial charge is 0.167 e. The molecule has 0 radical (unpaired) electrons. The van der Waals surface area contributed by atoms with Gasteiger partial charge in [-0.3, -0.25) is 0 Å². The van der Waals surface area contributed by atoms with Gasteiger partial charge in [-0.15, -0.1) is 0 Å². The fourth-order valence-electron chi connectivity index (χ4n) is 2.51. The van der Waals surface area contributed by atoms with E-state index in [0.717, 1.165) is 38.0 Å². The molecule has 1 heterocycles. The highest BCUT2D eigenvalue weighted by Crippen LogP contribution is 2.33. The van der Waals surface area contributed by atoms with Crippen LogP contribution in [0.5, 0.6) is 5.75 Å². The Morgan fingerprint density at radius 3 is 2.70 bits per heavy atom. The van der Waals surface area contributed by atoms with Crippen molar-refractivity contribution in [2.24, 2.45) is 5.92 Å². The van der Waals surface area contributed by atoms with Gasteiger partial charge in [0, 0.05) is 31.8 Å². The van der Waals surface area contributed by atoms with Gasteiger partial charge >= 0.3 is 0 Å². The fourth-order valence-corrected chi connectivity index (χ4v) is 2.51. The number of aliphatic hydroxyl groups excluding tert-OH is 1. The topological polar surface area (TPSA) is 58.7 Å². The van der Waals surface area contributed by atoms with Crippen LogP contribution in [0.1, 0.15) is 26.2 Å². The molecule has 112 valence electrons. The average Bonchev–Trinajstić information content (AvgIpc) is 2.47. The molecule has 0 saturated carbocycles. The van der Waals surface area contributed by atoms with Crippen LogP contribution in [0.3, 0.4) is 0 Å². The van der Waals surface area contributed by atoms with Gasteiger partial charge in [0.05, 0.1) is 18.0 Å². The van der Waals surface area contributed by atoms with Gasteiger partial charge in [0.1, 0.15) is 0 Å². The zero-order valence-electron chi connectivity index (χ0n) is 11.9. The minimum atomic E-state index is -0.412. The minimum absolute atomic E-state index is 0.234. The summed E-state index contributed by atoms with van der Waals surface area (Å²) >= 11 is 0. The van der Waals surface area contributed by atoms with E-state index >= 15 is 0 Å². The number of benzene rings is 1. The molecule has 0 atom stereocenters. The molecular weight excluding hydrogens is 259 g/mol. The Labute approximate surface area is 119 Å². The Hall–Kier alpha value is -1.49. The second kappa shape index (κ2) is 6.79. The summed E-state index contributed by atoms with van der Waals surface area (Å²) in [5, 5.41) is 9.17. The Morgan fingerprint density at radius 2 is 2.10 bits per heavy atom. The van der Waals surface area contributed by atoms with E-state index in [0.29, 0.717) is 18.2 Å². The van der Waals surface area contributed by atoms with Gasteiger partial charge in [-0.1, -0.05) is 6.92 Å². The van der Waals surface area contributed by atoms with E-state index in [1.54, 1.807) is 6.07 Å². The maximum Gasteiger partial charge on any atom is 0.167 e. The fraction of sp³-hybridized carbons (Fsp3) is 0.600. The highest BCUT2D eigenvalue weighted by atomic mass is 19.1. The molecule has 0 spiro atoms. The second-order valence-corrected chi connectivity index (χ2v) is 5.30. The largest absolute Gasteiger partial charge is 0.490 e. The van der Waals surface area contributed by atoms with E-state index in [9.17, 15) is 4.39 Å². The monoisotopic (exact) mass is 282 g/mol. The third-order valence-corrected chi connectivity index (χ3v) is 3.76. The Kier molecular flexibility index (Phi) is 5.06. The van der Waals surface area contributed by atoms with E-state index < -0.39 is 5.82 Å². The van der Waals surface area contributed by atoms with Gasteiger partial charge in [0.25, 0.3) is 0 Å². The lowest BCUT2D eigenvalue weighted by atomic mass is 9.97. The number of rotatable bonds is 5. The number of anilines is 2. The number of hydrogen-bond donors (Lipinski definition) is 2. The van der Waals surface area contributed by atoms with Gasteiger partial charge in [-0.2, -0.15) is 0 Å². The normalized spacial score (nSPS) is 16.4. The third-order valence-electron chi connectivity index (χ3n) is 3.76. The van der Waals surface area contributed by atoms with Gasteiger partial charge in [-0.05, 0) is 25.2 Å². The lowest BCUT2D eigenvalue weighted by Gasteiger charge is -2.33. The molecule has 0 aromatic heterocycles. The molecule has 1 aliphatic rings. The van der Waals surface area contributed by atoms with Crippen molar-refractivity contribution in [2.75, 3.05) is 36.9 Å². The summed E-state index contributed by atoms with van der Waals surface area (Å²) in [7, 11) is 0. The van der Waals surface area contributed by atoms with Crippen molar-refractivity contribution in [3.05, 3.63) is 17.9 Å². The van der Waals surface area contributed by atoms with Gasteiger partial charge in [-0.25, -0.2) is 4.39 Å². The van der Waals surface area contributed by atoms with Gasteiger partial charge in [0.15, 0.2) is 11.6 Å². The lowest BCUT2D eigenvalue weighted by molar-refractivity contribution is 0.203. The molecule has 0 amide bonds. The van der Waals surface area contributed by atoms with Crippen molar-refractivity contribution in [3.63, 3.8) is 0 Å². The molecule has 4 nitrogen and oxygen atoms in total. The summed E-state index contributed by atoms with van der Waals surface area (Å²) in [6.45, 7) is 4.36. The summed E-state index contributed by atoms with van der Waals surface area (Å²) in [5.41, 5.74) is 7.20. The molecule has 1 saturated heterocycles. The summed E-state index contributed by atoms with van der Waals surface area (Å²) in [6, 6.07) is 3.03. The van der Waals surface area contributed by atoms with Crippen LogP contribution in [0.15, 0.2) is 12.1 Å². The first-order chi connectivity index (χ1) is 9.65. The highest BCUT2D eigenvalue weighted by molar-refractivity contribution is 5.70.